The van der Waals surface area contributed by atoms with E-state index in [1.165, 1.54) is 0 Å². The summed E-state index contributed by atoms with van der Waals surface area (Å²) in [6, 6.07) is 3.80. The Balaban J connectivity index is 1.89. The number of aromatic nitrogens is 1. The highest BCUT2D eigenvalue weighted by Gasteiger charge is 2.22. The zero-order valence-electron chi connectivity index (χ0n) is 9.85. The Morgan fingerprint density at radius 3 is 3.24 bits per heavy atom. The second-order valence-corrected chi connectivity index (χ2v) is 5.25. The van der Waals surface area contributed by atoms with Crippen LogP contribution in [0.25, 0.3) is 0 Å². The van der Waals surface area contributed by atoms with Gasteiger partial charge in [0, 0.05) is 30.4 Å². The van der Waals surface area contributed by atoms with Crippen LogP contribution in [0, 0.1) is 0 Å². The molecule has 2 unspecified atom stereocenters. The van der Waals surface area contributed by atoms with E-state index in [2.05, 4.69) is 15.6 Å². The number of nitrogens with one attached hydrogen (secondary N) is 2. The first-order chi connectivity index (χ1) is 8.27. The fourth-order valence-electron chi connectivity index (χ4n) is 1.76. The molecule has 1 aliphatic heterocycles. The number of thioether (sulfide) groups is 1. The number of amides is 1. The number of pyridine rings is 1. The Morgan fingerprint density at radius 1 is 1.71 bits per heavy atom. The summed E-state index contributed by atoms with van der Waals surface area (Å²) in [5.74, 6) is 2.02. The van der Waals surface area contributed by atoms with Gasteiger partial charge in [0.1, 0.15) is 0 Å². The molecule has 1 aromatic rings. The lowest BCUT2D eigenvalue weighted by atomic mass is 10.1. The van der Waals surface area contributed by atoms with Gasteiger partial charge in [0.05, 0.1) is 12.1 Å². The minimum absolute atomic E-state index is 0.00456. The molecule has 0 aliphatic carbocycles. The molecule has 0 aromatic carbocycles. The lowest BCUT2D eigenvalue weighted by Crippen LogP contribution is -2.49. The fraction of sp³-hybridized carbons (Fsp3) is 0.500. The summed E-state index contributed by atoms with van der Waals surface area (Å²) < 4.78 is 0. The van der Waals surface area contributed by atoms with E-state index >= 15 is 0 Å². The summed E-state index contributed by atoms with van der Waals surface area (Å²) in [6.07, 6.45) is 3.52. The zero-order chi connectivity index (χ0) is 12.1. The summed E-state index contributed by atoms with van der Waals surface area (Å²) in [7, 11) is 0. The van der Waals surface area contributed by atoms with E-state index in [9.17, 15) is 4.79 Å². The zero-order valence-corrected chi connectivity index (χ0v) is 10.7. The molecule has 0 saturated carbocycles. The number of carbonyl (C=O) groups is 1. The van der Waals surface area contributed by atoms with Gasteiger partial charge in [0.2, 0.25) is 5.91 Å². The lowest BCUT2D eigenvalue weighted by Gasteiger charge is -2.24. The highest BCUT2D eigenvalue weighted by Crippen LogP contribution is 2.12. The predicted octanol–water partition coefficient (Wildman–Crippen LogP) is 0.964. The highest BCUT2D eigenvalue weighted by molar-refractivity contribution is 7.99. The maximum atomic E-state index is 12.0. The first-order valence-corrected chi connectivity index (χ1v) is 6.94. The third-order valence-electron chi connectivity index (χ3n) is 2.78. The number of hydrogen-bond donors (Lipinski definition) is 2. The Bertz CT molecular complexity index is 365. The first kappa shape index (κ1) is 12.4. The van der Waals surface area contributed by atoms with Crippen molar-refractivity contribution in [2.75, 3.05) is 18.1 Å². The van der Waals surface area contributed by atoms with Gasteiger partial charge in [-0.05, 0) is 18.6 Å². The van der Waals surface area contributed by atoms with Gasteiger partial charge in [-0.3, -0.25) is 9.78 Å². The average Bonchev–Trinajstić information content (AvgIpc) is 2.40. The average molecular weight is 251 g/mol. The Morgan fingerprint density at radius 2 is 2.59 bits per heavy atom. The van der Waals surface area contributed by atoms with Crippen LogP contribution in [0.1, 0.15) is 18.5 Å². The van der Waals surface area contributed by atoms with E-state index in [0.29, 0.717) is 0 Å². The lowest BCUT2D eigenvalue weighted by molar-refractivity contribution is -0.123. The molecule has 0 spiro atoms. The van der Waals surface area contributed by atoms with Crippen LogP contribution in [0.5, 0.6) is 0 Å². The standard InChI is InChI=1S/C12H17N3OS/c1-9(10-3-2-4-13-7-10)15-12(16)11-8-17-6-5-14-11/h2-4,7,9,11,14H,5-6,8H2,1H3,(H,15,16). The SMILES string of the molecule is CC(NC(=O)C1CSCCN1)c1cccnc1. The van der Waals surface area contributed by atoms with Crippen molar-refractivity contribution in [1.29, 1.82) is 0 Å². The predicted molar refractivity (Wildman–Crippen MR) is 69.9 cm³/mol. The van der Waals surface area contributed by atoms with Crippen LogP contribution in [0.15, 0.2) is 24.5 Å². The van der Waals surface area contributed by atoms with Crippen LogP contribution >= 0.6 is 11.8 Å². The summed E-state index contributed by atoms with van der Waals surface area (Å²) in [4.78, 5) is 16.0. The molecule has 5 heteroatoms. The normalized spacial score (nSPS) is 21.8. The van der Waals surface area contributed by atoms with E-state index in [0.717, 1.165) is 23.6 Å². The second-order valence-electron chi connectivity index (χ2n) is 4.10. The maximum Gasteiger partial charge on any atom is 0.238 e. The van der Waals surface area contributed by atoms with Crippen molar-refractivity contribution in [3.05, 3.63) is 30.1 Å². The Labute approximate surface area is 106 Å². The van der Waals surface area contributed by atoms with Gasteiger partial charge in [-0.1, -0.05) is 6.07 Å². The van der Waals surface area contributed by atoms with E-state index in [4.69, 9.17) is 0 Å². The molecule has 2 heterocycles. The van der Waals surface area contributed by atoms with Gasteiger partial charge in [-0.2, -0.15) is 11.8 Å². The van der Waals surface area contributed by atoms with Gasteiger partial charge in [-0.15, -0.1) is 0 Å². The van der Waals surface area contributed by atoms with Crippen LogP contribution in [-0.4, -0.2) is 35.0 Å². The molecule has 1 saturated heterocycles. The third-order valence-corrected chi connectivity index (χ3v) is 3.84. The monoisotopic (exact) mass is 251 g/mol. The smallest absolute Gasteiger partial charge is 0.238 e. The minimum Gasteiger partial charge on any atom is -0.348 e. The van der Waals surface area contributed by atoms with Crippen molar-refractivity contribution in [2.24, 2.45) is 0 Å². The van der Waals surface area contributed by atoms with Crippen LogP contribution in [-0.2, 0) is 4.79 Å². The molecule has 2 atom stereocenters. The number of carbonyl (C=O) groups excluding carboxylic acids is 1. The largest absolute Gasteiger partial charge is 0.348 e. The molecule has 1 aromatic heterocycles. The van der Waals surface area contributed by atoms with Crippen LogP contribution in [0.3, 0.4) is 0 Å². The van der Waals surface area contributed by atoms with Crippen LogP contribution in [0.2, 0.25) is 0 Å². The van der Waals surface area contributed by atoms with Crippen molar-refractivity contribution in [1.82, 2.24) is 15.6 Å². The Hall–Kier alpha value is -1.07. The quantitative estimate of drug-likeness (QED) is 0.840. The molecule has 1 amide bonds. The van der Waals surface area contributed by atoms with Gasteiger partial charge in [-0.25, -0.2) is 0 Å². The number of hydrogen-bond acceptors (Lipinski definition) is 4. The molecule has 17 heavy (non-hydrogen) atoms. The summed E-state index contributed by atoms with van der Waals surface area (Å²) in [5, 5.41) is 6.24. The van der Waals surface area contributed by atoms with E-state index < -0.39 is 0 Å². The minimum atomic E-state index is -0.0622. The van der Waals surface area contributed by atoms with Gasteiger partial charge >= 0.3 is 0 Å². The highest BCUT2D eigenvalue weighted by atomic mass is 32.2. The van der Waals surface area contributed by atoms with Gasteiger partial charge in [0.15, 0.2) is 0 Å². The number of nitrogens with zero attached hydrogens (tertiary/aromatic N) is 1. The van der Waals surface area contributed by atoms with Crippen molar-refractivity contribution in [3.63, 3.8) is 0 Å². The molecule has 4 nitrogen and oxygen atoms in total. The maximum absolute atomic E-state index is 12.0. The summed E-state index contributed by atoms with van der Waals surface area (Å²) in [6.45, 7) is 2.88. The van der Waals surface area contributed by atoms with Gasteiger partial charge in [0.25, 0.3) is 0 Å². The molecule has 0 radical (unpaired) electrons. The van der Waals surface area contributed by atoms with E-state index in [-0.39, 0.29) is 18.0 Å². The molecule has 1 fully saturated rings. The van der Waals surface area contributed by atoms with Gasteiger partial charge < -0.3 is 10.6 Å². The van der Waals surface area contributed by atoms with Crippen molar-refractivity contribution in [3.8, 4) is 0 Å². The summed E-state index contributed by atoms with van der Waals surface area (Å²) in [5.41, 5.74) is 1.03. The summed E-state index contributed by atoms with van der Waals surface area (Å²) >= 11 is 1.82. The molecule has 2 rings (SSSR count). The molecule has 92 valence electrons. The van der Waals surface area contributed by atoms with Crippen molar-refractivity contribution in [2.45, 2.75) is 19.0 Å². The first-order valence-electron chi connectivity index (χ1n) is 5.79. The topological polar surface area (TPSA) is 54.0 Å². The molecule has 1 aliphatic rings. The fourth-order valence-corrected chi connectivity index (χ4v) is 2.70. The molecular weight excluding hydrogens is 234 g/mol. The van der Waals surface area contributed by atoms with E-state index in [1.54, 1.807) is 12.4 Å². The van der Waals surface area contributed by atoms with Crippen molar-refractivity contribution < 1.29 is 4.79 Å². The number of rotatable bonds is 3. The van der Waals surface area contributed by atoms with Crippen LogP contribution < -0.4 is 10.6 Å². The van der Waals surface area contributed by atoms with E-state index in [1.807, 2.05) is 30.8 Å². The Kier molecular flexibility index (Phi) is 4.39. The molecule has 0 bridgehead atoms. The third kappa shape index (κ3) is 3.44. The van der Waals surface area contributed by atoms with Crippen LogP contribution in [0.4, 0.5) is 0 Å². The molecular formula is C12H17N3OS. The van der Waals surface area contributed by atoms with Crippen molar-refractivity contribution >= 4 is 17.7 Å². The second kappa shape index (κ2) is 6.02. The molecule has 2 N–H and O–H groups in total.